The second-order valence-electron chi connectivity index (χ2n) is 4.88. The molecule has 0 saturated carbocycles. The summed E-state index contributed by atoms with van der Waals surface area (Å²) in [5.74, 6) is 1.75. The number of halogens is 2. The first-order valence-electron chi connectivity index (χ1n) is 6.81. The Labute approximate surface area is 126 Å². The fourth-order valence-electron chi connectivity index (χ4n) is 2.30. The standard InChI is InChI=1S/C15H15ClFN3O/c1-3-11-7-18-14(21-11)8-20-13-6-10(17)4-5-12(13)19-15(20)9(2)16/h4-7,9H,3,8H2,1-2H3. The van der Waals surface area contributed by atoms with Crippen LogP contribution in [0.15, 0.2) is 28.8 Å². The van der Waals surface area contributed by atoms with Crippen molar-refractivity contribution in [3.63, 3.8) is 0 Å². The van der Waals surface area contributed by atoms with E-state index in [1.807, 2.05) is 18.4 Å². The van der Waals surface area contributed by atoms with Gasteiger partial charge in [0, 0.05) is 6.42 Å². The van der Waals surface area contributed by atoms with Crippen LogP contribution in [0.4, 0.5) is 4.39 Å². The molecule has 0 aliphatic carbocycles. The Morgan fingerprint density at radius 2 is 2.24 bits per heavy atom. The van der Waals surface area contributed by atoms with Gasteiger partial charge in [0.05, 0.1) is 22.6 Å². The summed E-state index contributed by atoms with van der Waals surface area (Å²) in [4.78, 5) is 8.71. The van der Waals surface area contributed by atoms with Gasteiger partial charge in [-0.25, -0.2) is 14.4 Å². The molecule has 0 saturated heterocycles. The highest BCUT2D eigenvalue weighted by molar-refractivity contribution is 6.20. The van der Waals surface area contributed by atoms with E-state index in [9.17, 15) is 4.39 Å². The summed E-state index contributed by atoms with van der Waals surface area (Å²) in [5.41, 5.74) is 1.40. The lowest BCUT2D eigenvalue weighted by atomic mass is 10.3. The van der Waals surface area contributed by atoms with Gasteiger partial charge in [0.2, 0.25) is 5.89 Å². The first-order valence-corrected chi connectivity index (χ1v) is 7.25. The molecule has 0 bridgehead atoms. The molecule has 0 N–H and O–H groups in total. The van der Waals surface area contributed by atoms with Crippen LogP contribution in [0.25, 0.3) is 11.0 Å². The molecule has 0 radical (unpaired) electrons. The number of alkyl halides is 1. The van der Waals surface area contributed by atoms with Gasteiger partial charge in [-0.1, -0.05) is 6.92 Å². The molecule has 1 atom stereocenters. The molecule has 6 heteroatoms. The van der Waals surface area contributed by atoms with E-state index in [0.29, 0.717) is 29.3 Å². The van der Waals surface area contributed by atoms with Gasteiger partial charge in [-0.3, -0.25) is 0 Å². The number of imidazole rings is 1. The Morgan fingerprint density at radius 3 is 2.90 bits per heavy atom. The molecule has 110 valence electrons. The molecule has 3 rings (SSSR count). The van der Waals surface area contributed by atoms with Gasteiger partial charge in [0.15, 0.2) is 0 Å². The number of rotatable bonds is 4. The van der Waals surface area contributed by atoms with Crippen LogP contribution in [0, 0.1) is 5.82 Å². The number of hydrogen-bond donors (Lipinski definition) is 0. The van der Waals surface area contributed by atoms with Crippen LogP contribution in [0.5, 0.6) is 0 Å². The minimum atomic E-state index is -0.306. The quantitative estimate of drug-likeness (QED) is 0.682. The molecule has 0 aliphatic heterocycles. The van der Waals surface area contributed by atoms with E-state index in [4.69, 9.17) is 16.0 Å². The van der Waals surface area contributed by atoms with Crippen molar-refractivity contribution >= 4 is 22.6 Å². The average molecular weight is 308 g/mol. The Balaban J connectivity index is 2.09. The summed E-state index contributed by atoms with van der Waals surface area (Å²) in [7, 11) is 0. The second kappa shape index (κ2) is 5.48. The number of oxazole rings is 1. The monoisotopic (exact) mass is 307 g/mol. The summed E-state index contributed by atoms with van der Waals surface area (Å²) in [6.45, 7) is 4.22. The van der Waals surface area contributed by atoms with Gasteiger partial charge in [-0.2, -0.15) is 0 Å². The number of benzene rings is 1. The van der Waals surface area contributed by atoms with E-state index in [-0.39, 0.29) is 11.2 Å². The van der Waals surface area contributed by atoms with Crippen molar-refractivity contribution in [3.05, 3.63) is 47.7 Å². The van der Waals surface area contributed by atoms with Crippen molar-refractivity contribution in [1.29, 1.82) is 0 Å². The van der Waals surface area contributed by atoms with Crippen LogP contribution in [0.1, 0.15) is 36.7 Å². The molecule has 2 heterocycles. The van der Waals surface area contributed by atoms with Crippen LogP contribution in [0.2, 0.25) is 0 Å². The number of fused-ring (bicyclic) bond motifs is 1. The Hall–Kier alpha value is -1.88. The van der Waals surface area contributed by atoms with Gasteiger partial charge < -0.3 is 8.98 Å². The first-order chi connectivity index (χ1) is 10.1. The molecular formula is C15H15ClFN3O. The Bertz CT molecular complexity index is 778. The normalized spacial score (nSPS) is 13.0. The smallest absolute Gasteiger partial charge is 0.214 e. The molecule has 0 aliphatic rings. The van der Waals surface area contributed by atoms with Gasteiger partial charge in [-0.15, -0.1) is 11.6 Å². The van der Waals surface area contributed by atoms with E-state index in [1.165, 1.54) is 12.1 Å². The average Bonchev–Trinajstić information content (AvgIpc) is 3.04. The first kappa shape index (κ1) is 14.1. The molecular weight excluding hydrogens is 293 g/mol. The summed E-state index contributed by atoms with van der Waals surface area (Å²) in [6, 6.07) is 4.49. The zero-order valence-electron chi connectivity index (χ0n) is 11.8. The molecule has 1 unspecified atom stereocenters. The summed E-state index contributed by atoms with van der Waals surface area (Å²) >= 11 is 6.19. The largest absolute Gasteiger partial charge is 0.444 e. The maximum atomic E-state index is 13.5. The number of hydrogen-bond acceptors (Lipinski definition) is 3. The van der Waals surface area contributed by atoms with Crippen LogP contribution in [-0.4, -0.2) is 14.5 Å². The number of aryl methyl sites for hydroxylation is 1. The molecule has 2 aromatic heterocycles. The second-order valence-corrected chi connectivity index (χ2v) is 5.53. The molecule has 21 heavy (non-hydrogen) atoms. The fraction of sp³-hybridized carbons (Fsp3) is 0.333. The minimum absolute atomic E-state index is 0.291. The highest BCUT2D eigenvalue weighted by atomic mass is 35.5. The fourth-order valence-corrected chi connectivity index (χ4v) is 2.47. The topological polar surface area (TPSA) is 43.9 Å². The van der Waals surface area contributed by atoms with Crippen molar-refractivity contribution in [3.8, 4) is 0 Å². The maximum absolute atomic E-state index is 13.5. The Morgan fingerprint density at radius 1 is 1.43 bits per heavy atom. The summed E-state index contributed by atoms with van der Waals surface area (Å²) in [5, 5.41) is -0.291. The van der Waals surface area contributed by atoms with Crippen LogP contribution < -0.4 is 0 Å². The van der Waals surface area contributed by atoms with Crippen molar-refractivity contribution in [2.45, 2.75) is 32.2 Å². The van der Waals surface area contributed by atoms with Crippen molar-refractivity contribution in [2.75, 3.05) is 0 Å². The Kier molecular flexibility index (Phi) is 3.68. The van der Waals surface area contributed by atoms with Gasteiger partial charge in [-0.05, 0) is 25.1 Å². The van der Waals surface area contributed by atoms with Crippen LogP contribution in [0.3, 0.4) is 0 Å². The van der Waals surface area contributed by atoms with E-state index < -0.39 is 0 Å². The highest BCUT2D eigenvalue weighted by Gasteiger charge is 2.17. The van der Waals surface area contributed by atoms with Crippen LogP contribution in [-0.2, 0) is 13.0 Å². The predicted molar refractivity (Wildman–Crippen MR) is 78.9 cm³/mol. The molecule has 0 amide bonds. The number of nitrogens with zero attached hydrogens (tertiary/aromatic N) is 3. The lowest BCUT2D eigenvalue weighted by molar-refractivity contribution is 0.445. The third-order valence-electron chi connectivity index (χ3n) is 3.34. The van der Waals surface area contributed by atoms with E-state index in [2.05, 4.69) is 9.97 Å². The maximum Gasteiger partial charge on any atom is 0.214 e. The lowest BCUT2D eigenvalue weighted by Gasteiger charge is -2.08. The zero-order chi connectivity index (χ0) is 15.0. The van der Waals surface area contributed by atoms with Gasteiger partial charge in [0.25, 0.3) is 0 Å². The van der Waals surface area contributed by atoms with Crippen molar-refractivity contribution < 1.29 is 8.81 Å². The summed E-state index contributed by atoms with van der Waals surface area (Å²) < 4.78 is 21.0. The summed E-state index contributed by atoms with van der Waals surface area (Å²) in [6.07, 6.45) is 2.49. The highest BCUT2D eigenvalue weighted by Crippen LogP contribution is 2.26. The van der Waals surface area contributed by atoms with Crippen molar-refractivity contribution in [1.82, 2.24) is 14.5 Å². The zero-order valence-corrected chi connectivity index (χ0v) is 12.6. The van der Waals surface area contributed by atoms with Crippen molar-refractivity contribution in [2.24, 2.45) is 0 Å². The molecule has 0 fully saturated rings. The SMILES string of the molecule is CCc1cnc(Cn2c(C(C)Cl)nc3ccc(F)cc32)o1. The van der Waals surface area contributed by atoms with Gasteiger partial charge >= 0.3 is 0 Å². The van der Waals surface area contributed by atoms with E-state index in [1.54, 1.807) is 12.3 Å². The van der Waals surface area contributed by atoms with E-state index >= 15 is 0 Å². The molecule has 1 aromatic carbocycles. The molecule has 3 aromatic rings. The van der Waals surface area contributed by atoms with Gasteiger partial charge in [0.1, 0.15) is 23.9 Å². The molecule has 0 spiro atoms. The van der Waals surface area contributed by atoms with E-state index in [0.717, 1.165) is 12.2 Å². The van der Waals surface area contributed by atoms with Crippen LogP contribution >= 0.6 is 11.6 Å². The lowest BCUT2D eigenvalue weighted by Crippen LogP contribution is -2.06. The minimum Gasteiger partial charge on any atom is -0.444 e. The predicted octanol–water partition coefficient (Wildman–Crippen LogP) is 4.07. The number of aromatic nitrogens is 3. The molecule has 4 nitrogen and oxygen atoms in total. The third kappa shape index (κ3) is 2.65. The third-order valence-corrected chi connectivity index (χ3v) is 3.53.